The first-order valence-corrected chi connectivity index (χ1v) is 12.4. The van der Waals surface area contributed by atoms with Crippen molar-refractivity contribution in [3.05, 3.63) is 47.7 Å². The van der Waals surface area contributed by atoms with Crippen molar-refractivity contribution < 1.29 is 27.5 Å². The maximum absolute atomic E-state index is 12.9. The van der Waals surface area contributed by atoms with E-state index < -0.39 is 40.1 Å². The molecule has 3 N–H and O–H groups in total. The number of carbonyl (C=O) groups is 3. The van der Waals surface area contributed by atoms with Crippen LogP contribution in [0.25, 0.3) is 0 Å². The van der Waals surface area contributed by atoms with Gasteiger partial charge in [-0.2, -0.15) is 0 Å². The predicted octanol–water partition coefficient (Wildman–Crippen LogP) is 1.12. The van der Waals surface area contributed by atoms with Crippen LogP contribution in [0.15, 0.2) is 42.1 Å². The molecule has 174 valence electrons. The van der Waals surface area contributed by atoms with Crippen molar-refractivity contribution in [3.8, 4) is 0 Å². The lowest BCUT2D eigenvalue weighted by molar-refractivity contribution is -0.164. The van der Waals surface area contributed by atoms with Crippen molar-refractivity contribution in [2.24, 2.45) is 5.92 Å². The SMILES string of the molecule is CC(=O)O[C@@H]1NC(=O)[C@H]1NC(=O)C(=CC1CCCCC1)NS(=O)(=O)CCc1ccccc1. The van der Waals surface area contributed by atoms with Crippen LogP contribution in [-0.2, 0) is 35.6 Å². The molecule has 0 aromatic heterocycles. The third kappa shape index (κ3) is 6.81. The lowest BCUT2D eigenvalue weighted by Crippen LogP contribution is -2.70. The van der Waals surface area contributed by atoms with Crippen LogP contribution in [0, 0.1) is 5.92 Å². The van der Waals surface area contributed by atoms with E-state index in [2.05, 4.69) is 15.4 Å². The maximum Gasteiger partial charge on any atom is 0.304 e. The Morgan fingerprint density at radius 1 is 1.16 bits per heavy atom. The summed E-state index contributed by atoms with van der Waals surface area (Å²) in [4.78, 5) is 35.9. The molecule has 1 saturated carbocycles. The number of nitrogens with one attached hydrogen (secondary N) is 3. The predicted molar refractivity (Wildman–Crippen MR) is 117 cm³/mol. The Morgan fingerprint density at radius 3 is 2.47 bits per heavy atom. The van der Waals surface area contributed by atoms with Gasteiger partial charge < -0.3 is 15.4 Å². The van der Waals surface area contributed by atoms with Gasteiger partial charge in [0.25, 0.3) is 11.8 Å². The highest BCUT2D eigenvalue weighted by atomic mass is 32.2. The number of amides is 2. The molecule has 0 spiro atoms. The highest BCUT2D eigenvalue weighted by Gasteiger charge is 2.43. The molecule has 1 saturated heterocycles. The Bertz CT molecular complexity index is 971. The molecule has 9 nitrogen and oxygen atoms in total. The molecule has 1 heterocycles. The van der Waals surface area contributed by atoms with Gasteiger partial charge in [-0.3, -0.25) is 19.1 Å². The first-order valence-electron chi connectivity index (χ1n) is 10.8. The summed E-state index contributed by atoms with van der Waals surface area (Å²) >= 11 is 0. The Kier molecular flexibility index (Phi) is 7.89. The summed E-state index contributed by atoms with van der Waals surface area (Å²) in [6.45, 7) is 1.19. The number of benzene rings is 1. The number of esters is 1. The van der Waals surface area contributed by atoms with Gasteiger partial charge >= 0.3 is 5.97 Å². The largest absolute Gasteiger partial charge is 0.439 e. The number of rotatable bonds is 9. The first-order chi connectivity index (χ1) is 15.2. The van der Waals surface area contributed by atoms with Crippen LogP contribution < -0.4 is 15.4 Å². The molecule has 0 unspecified atom stereocenters. The second-order valence-electron chi connectivity index (χ2n) is 8.12. The zero-order valence-electron chi connectivity index (χ0n) is 18.0. The lowest BCUT2D eigenvalue weighted by Gasteiger charge is -2.35. The van der Waals surface area contributed by atoms with E-state index in [-0.39, 0.29) is 17.4 Å². The molecule has 0 radical (unpaired) electrons. The normalized spacial score (nSPS) is 21.8. The van der Waals surface area contributed by atoms with Crippen LogP contribution in [-0.4, -0.2) is 44.2 Å². The smallest absolute Gasteiger partial charge is 0.304 e. The molecule has 1 aromatic rings. The second kappa shape index (κ2) is 10.6. The molecule has 10 heteroatoms. The third-order valence-corrected chi connectivity index (χ3v) is 6.79. The summed E-state index contributed by atoms with van der Waals surface area (Å²) in [6, 6.07) is 8.12. The van der Waals surface area contributed by atoms with Crippen molar-refractivity contribution in [1.82, 2.24) is 15.4 Å². The van der Waals surface area contributed by atoms with Gasteiger partial charge in [0.15, 0.2) is 6.04 Å². The molecule has 2 aliphatic rings. The van der Waals surface area contributed by atoms with E-state index in [1.807, 2.05) is 30.3 Å². The van der Waals surface area contributed by atoms with Gasteiger partial charge in [-0.1, -0.05) is 55.7 Å². The van der Waals surface area contributed by atoms with Crippen LogP contribution in [0.3, 0.4) is 0 Å². The topological polar surface area (TPSA) is 131 Å². The maximum atomic E-state index is 12.9. The van der Waals surface area contributed by atoms with Crippen molar-refractivity contribution >= 4 is 27.8 Å². The summed E-state index contributed by atoms with van der Waals surface area (Å²) < 4.78 is 32.8. The zero-order valence-corrected chi connectivity index (χ0v) is 18.8. The van der Waals surface area contributed by atoms with E-state index in [1.165, 1.54) is 6.92 Å². The van der Waals surface area contributed by atoms with E-state index in [0.717, 1.165) is 37.7 Å². The molecular weight excluding hydrogens is 434 g/mol. The minimum atomic E-state index is -3.81. The monoisotopic (exact) mass is 463 g/mol. The number of ether oxygens (including phenoxy) is 1. The molecule has 32 heavy (non-hydrogen) atoms. The summed E-state index contributed by atoms with van der Waals surface area (Å²) in [5.41, 5.74) is 0.765. The Hall–Kier alpha value is -2.88. The molecule has 3 rings (SSSR count). The quantitative estimate of drug-likeness (QED) is 0.286. The zero-order chi connectivity index (χ0) is 23.1. The lowest BCUT2D eigenvalue weighted by atomic mass is 9.88. The Morgan fingerprint density at radius 2 is 1.84 bits per heavy atom. The summed E-state index contributed by atoms with van der Waals surface area (Å²) in [7, 11) is -3.81. The van der Waals surface area contributed by atoms with Crippen LogP contribution in [0.5, 0.6) is 0 Å². The molecule has 1 aliphatic heterocycles. The van der Waals surface area contributed by atoms with E-state index >= 15 is 0 Å². The second-order valence-corrected chi connectivity index (χ2v) is 9.97. The first kappa shape index (κ1) is 23.8. The Labute approximate surface area is 188 Å². The van der Waals surface area contributed by atoms with Gasteiger partial charge in [0.2, 0.25) is 16.3 Å². The Balaban J connectivity index is 1.71. The minimum absolute atomic E-state index is 0.0702. The van der Waals surface area contributed by atoms with Crippen LogP contribution in [0.2, 0.25) is 0 Å². The highest BCUT2D eigenvalue weighted by molar-refractivity contribution is 7.89. The number of sulfonamides is 1. The molecule has 0 bridgehead atoms. The van der Waals surface area contributed by atoms with Gasteiger partial charge in [-0.05, 0) is 30.7 Å². The number of allylic oxidation sites excluding steroid dienone is 1. The summed E-state index contributed by atoms with van der Waals surface area (Å²) in [5, 5.41) is 4.87. The van der Waals surface area contributed by atoms with E-state index in [1.54, 1.807) is 6.08 Å². The average molecular weight is 464 g/mol. The van der Waals surface area contributed by atoms with Gasteiger partial charge in [0.05, 0.1) is 5.75 Å². The number of hydrogen-bond donors (Lipinski definition) is 3. The van der Waals surface area contributed by atoms with Crippen molar-refractivity contribution in [1.29, 1.82) is 0 Å². The molecule has 2 atom stereocenters. The average Bonchev–Trinajstić information content (AvgIpc) is 2.76. The molecule has 1 aliphatic carbocycles. The standard InChI is InChI=1S/C22H29N3O6S/c1-15(26)31-22-19(21(28)24-22)23-20(27)18(14-17-10-6-3-7-11-17)25-32(29,30)13-12-16-8-4-2-5-9-16/h2,4-5,8-9,14,17,19,22,25H,3,6-7,10-13H2,1H3,(H,23,27)(H,24,28)/t19-,22+/m1/s1. The van der Waals surface area contributed by atoms with Crippen molar-refractivity contribution in [2.75, 3.05) is 5.75 Å². The number of hydrogen-bond acceptors (Lipinski definition) is 6. The molecule has 2 fully saturated rings. The summed E-state index contributed by atoms with van der Waals surface area (Å²) in [6.07, 6.45) is 5.83. The van der Waals surface area contributed by atoms with Crippen molar-refractivity contribution in [3.63, 3.8) is 0 Å². The molecule has 1 aromatic carbocycles. The minimum Gasteiger partial charge on any atom is -0.439 e. The fraction of sp³-hybridized carbons (Fsp3) is 0.500. The van der Waals surface area contributed by atoms with Crippen LogP contribution in [0.4, 0.5) is 0 Å². The van der Waals surface area contributed by atoms with Crippen LogP contribution in [0.1, 0.15) is 44.6 Å². The van der Waals surface area contributed by atoms with Crippen LogP contribution >= 0.6 is 0 Å². The number of aryl methyl sites for hydroxylation is 1. The van der Waals surface area contributed by atoms with E-state index in [9.17, 15) is 22.8 Å². The molecule has 2 amide bonds. The van der Waals surface area contributed by atoms with Gasteiger partial charge in [-0.25, -0.2) is 8.42 Å². The fourth-order valence-electron chi connectivity index (χ4n) is 3.80. The van der Waals surface area contributed by atoms with Gasteiger partial charge in [-0.15, -0.1) is 0 Å². The highest BCUT2D eigenvalue weighted by Crippen LogP contribution is 2.25. The molecular formula is C22H29N3O6S. The van der Waals surface area contributed by atoms with Crippen molar-refractivity contribution in [2.45, 2.75) is 57.7 Å². The van der Waals surface area contributed by atoms with Gasteiger partial charge in [0, 0.05) is 6.92 Å². The number of carbonyl (C=O) groups excluding carboxylic acids is 3. The van der Waals surface area contributed by atoms with E-state index in [4.69, 9.17) is 4.74 Å². The van der Waals surface area contributed by atoms with Gasteiger partial charge in [0.1, 0.15) is 5.70 Å². The number of β-lactam (4-membered cyclic amide) rings is 1. The summed E-state index contributed by atoms with van der Waals surface area (Å²) in [5.74, 6) is -1.95. The fourth-order valence-corrected chi connectivity index (χ4v) is 4.90. The third-order valence-electron chi connectivity index (χ3n) is 5.51. The van der Waals surface area contributed by atoms with E-state index in [0.29, 0.717) is 6.42 Å².